The molecule has 10 aromatic carbocycles. The summed E-state index contributed by atoms with van der Waals surface area (Å²) >= 11 is 0. The Morgan fingerprint density at radius 2 is 1.00 bits per heavy atom. The Labute approximate surface area is 349 Å². The van der Waals surface area contributed by atoms with E-state index in [-0.39, 0.29) is 16.5 Å². The standard InChI is InChI=1S/C54H35NO/c1-4-18-45-37(11-1)14-8-21-47(45)40-27-32-44(33-28-40)55(51-23-10-24-52-53(51)50-34-29-39-13-3-6-20-49(39)54(50)56-52)43-30-25-36(26-31-43)41-16-7-17-42(35-41)48-22-9-15-38-12-2-5-19-46(38)48/h1-35H/i3D,6D,10D,13D,20D,23D,24D,25D,26D,27D,28D,29D,30D,31D,32D,33D,34D. The van der Waals surface area contributed by atoms with E-state index in [9.17, 15) is 13.7 Å². The van der Waals surface area contributed by atoms with Crippen LogP contribution in [0, 0.1) is 0 Å². The van der Waals surface area contributed by atoms with Crippen molar-refractivity contribution in [3.63, 3.8) is 0 Å². The summed E-state index contributed by atoms with van der Waals surface area (Å²) in [5.74, 6) is 0. The van der Waals surface area contributed by atoms with Gasteiger partial charge < -0.3 is 9.32 Å². The molecule has 0 fully saturated rings. The topological polar surface area (TPSA) is 16.4 Å². The third kappa shape index (κ3) is 5.34. The molecule has 2 heteroatoms. The van der Waals surface area contributed by atoms with Crippen molar-refractivity contribution in [1.29, 1.82) is 0 Å². The van der Waals surface area contributed by atoms with Crippen molar-refractivity contribution >= 4 is 71.3 Å². The second kappa shape index (κ2) is 13.2. The van der Waals surface area contributed by atoms with Gasteiger partial charge in [0.1, 0.15) is 11.2 Å². The average molecular weight is 731 g/mol. The lowest BCUT2D eigenvalue weighted by Crippen LogP contribution is -2.10. The van der Waals surface area contributed by atoms with Crippen molar-refractivity contribution in [3.05, 3.63) is 212 Å². The van der Waals surface area contributed by atoms with Gasteiger partial charge >= 0.3 is 0 Å². The minimum Gasteiger partial charge on any atom is -0.455 e. The van der Waals surface area contributed by atoms with Crippen molar-refractivity contribution in [2.24, 2.45) is 0 Å². The number of fused-ring (bicyclic) bond motifs is 7. The molecule has 0 unspecified atom stereocenters. The lowest BCUT2D eigenvalue weighted by molar-refractivity contribution is 0.672. The van der Waals surface area contributed by atoms with Crippen LogP contribution in [-0.4, -0.2) is 0 Å². The molecule has 0 saturated heterocycles. The third-order valence-electron chi connectivity index (χ3n) is 9.93. The predicted molar refractivity (Wildman–Crippen MR) is 237 cm³/mol. The van der Waals surface area contributed by atoms with Crippen molar-refractivity contribution in [1.82, 2.24) is 0 Å². The Morgan fingerprint density at radius 1 is 0.393 bits per heavy atom. The molecule has 0 N–H and O–H groups in total. The van der Waals surface area contributed by atoms with Crippen molar-refractivity contribution in [3.8, 4) is 33.4 Å². The maximum Gasteiger partial charge on any atom is 0.143 e. The Hall–Kier alpha value is -7.42. The molecule has 11 aromatic rings. The minimum atomic E-state index is -0.875. The van der Waals surface area contributed by atoms with Gasteiger partial charge in [-0.3, -0.25) is 0 Å². The summed E-state index contributed by atoms with van der Waals surface area (Å²) in [5, 5.41) is 1.63. The molecule has 1 heterocycles. The fourth-order valence-electron chi connectivity index (χ4n) is 7.33. The molecule has 1 aromatic heterocycles. The third-order valence-corrected chi connectivity index (χ3v) is 9.93. The van der Waals surface area contributed by atoms with Gasteiger partial charge in [0.15, 0.2) is 0 Å². The van der Waals surface area contributed by atoms with Gasteiger partial charge in [0.05, 0.1) is 34.4 Å². The van der Waals surface area contributed by atoms with Crippen molar-refractivity contribution in [2.45, 2.75) is 0 Å². The van der Waals surface area contributed by atoms with E-state index in [0.717, 1.165) is 26.6 Å². The van der Waals surface area contributed by atoms with Crippen LogP contribution in [0.2, 0.25) is 0 Å². The van der Waals surface area contributed by atoms with Gasteiger partial charge in [0.2, 0.25) is 0 Å². The SMILES string of the molecule is [2H]c1c([2H])c(N(c2c([2H])c([2H])c(-c3cccc4ccccc34)c([2H])c2[2H])c2c([2H])c([2H])c([2H])c3oc4c5c([2H])c([2H])c([2H])c([2H])c5c([2H])c([2H])c4c23)c([2H])c([2H])c1-c1cccc(-c2cccc3ccccc23)c1. The molecule has 0 bridgehead atoms. The van der Waals surface area contributed by atoms with Crippen LogP contribution in [0.3, 0.4) is 0 Å². The molecular formula is C54H35NO. The number of hydrogen-bond acceptors (Lipinski definition) is 2. The molecule has 0 aliphatic carbocycles. The quantitative estimate of drug-likeness (QED) is 0.169. The molecule has 2 nitrogen and oxygen atoms in total. The first-order chi connectivity index (χ1) is 34.9. The highest BCUT2D eigenvalue weighted by Gasteiger charge is 2.21. The average Bonchev–Trinajstić information content (AvgIpc) is 3.79. The fourth-order valence-corrected chi connectivity index (χ4v) is 7.33. The van der Waals surface area contributed by atoms with E-state index in [1.165, 1.54) is 0 Å². The van der Waals surface area contributed by atoms with E-state index in [4.69, 9.17) is 14.0 Å². The number of nitrogens with zero attached hydrogens (tertiary/aromatic N) is 1. The van der Waals surface area contributed by atoms with Gasteiger partial charge in [-0.2, -0.15) is 0 Å². The van der Waals surface area contributed by atoms with Crippen molar-refractivity contribution < 1.29 is 27.7 Å². The Balaban J connectivity index is 1.27. The van der Waals surface area contributed by atoms with Crippen LogP contribution in [0.25, 0.3) is 87.6 Å². The monoisotopic (exact) mass is 730 g/mol. The van der Waals surface area contributed by atoms with E-state index < -0.39 is 147 Å². The van der Waals surface area contributed by atoms with E-state index in [2.05, 4.69) is 0 Å². The van der Waals surface area contributed by atoms with Crippen LogP contribution in [0.4, 0.5) is 17.1 Å². The van der Waals surface area contributed by atoms with Crippen LogP contribution < -0.4 is 4.90 Å². The predicted octanol–water partition coefficient (Wildman–Crippen LogP) is 15.5. The smallest absolute Gasteiger partial charge is 0.143 e. The first kappa shape index (κ1) is 19.3. The maximum absolute atomic E-state index is 9.80. The minimum absolute atomic E-state index is 0.128. The van der Waals surface area contributed by atoms with Crippen LogP contribution in [0.5, 0.6) is 0 Å². The Kier molecular flexibility index (Phi) is 4.52. The Morgan fingerprint density at radius 3 is 1.73 bits per heavy atom. The fraction of sp³-hybridized carbons (Fsp3) is 0. The summed E-state index contributed by atoms with van der Waals surface area (Å²) < 4.78 is 165. The van der Waals surface area contributed by atoms with Gasteiger partial charge in [0, 0.05) is 22.1 Å². The summed E-state index contributed by atoms with van der Waals surface area (Å²) in [6.07, 6.45) is 0. The molecule has 56 heavy (non-hydrogen) atoms. The number of benzene rings is 10. The van der Waals surface area contributed by atoms with E-state index in [1.54, 1.807) is 48.5 Å². The molecule has 0 aliphatic rings. The second-order valence-electron chi connectivity index (χ2n) is 13.2. The summed E-state index contributed by atoms with van der Waals surface area (Å²) in [4.78, 5) is 0.801. The zero-order valence-corrected chi connectivity index (χ0v) is 29.2. The zero-order valence-electron chi connectivity index (χ0n) is 46.2. The van der Waals surface area contributed by atoms with Gasteiger partial charge in [0.25, 0.3) is 0 Å². The summed E-state index contributed by atoms with van der Waals surface area (Å²) in [6, 6.07) is 20.6. The lowest BCUT2D eigenvalue weighted by atomic mass is 9.95. The summed E-state index contributed by atoms with van der Waals surface area (Å²) in [5.41, 5.74) is -1.15. The molecule has 262 valence electrons. The largest absolute Gasteiger partial charge is 0.455 e. The van der Waals surface area contributed by atoms with Gasteiger partial charge in [-0.25, -0.2) is 0 Å². The first-order valence-electron chi connectivity index (χ1n) is 26.3. The first-order valence-corrected chi connectivity index (χ1v) is 17.8. The summed E-state index contributed by atoms with van der Waals surface area (Å²) in [7, 11) is 0. The van der Waals surface area contributed by atoms with Crippen LogP contribution >= 0.6 is 0 Å². The Bertz CT molecular complexity index is 4200. The highest BCUT2D eigenvalue weighted by molar-refractivity contribution is 6.19. The highest BCUT2D eigenvalue weighted by Crippen LogP contribution is 2.45. The van der Waals surface area contributed by atoms with Gasteiger partial charge in [-0.05, 0) is 109 Å². The van der Waals surface area contributed by atoms with Crippen LogP contribution in [0.1, 0.15) is 23.3 Å². The van der Waals surface area contributed by atoms with Crippen LogP contribution in [-0.2, 0) is 0 Å². The molecule has 0 amide bonds. The highest BCUT2D eigenvalue weighted by atomic mass is 16.3. The molecule has 0 aliphatic heterocycles. The lowest BCUT2D eigenvalue weighted by Gasteiger charge is -2.27. The molecule has 0 spiro atoms. The van der Waals surface area contributed by atoms with E-state index >= 15 is 0 Å². The zero-order chi connectivity index (χ0) is 51.8. The molecular weight excluding hydrogens is 679 g/mol. The van der Waals surface area contributed by atoms with E-state index in [1.807, 2.05) is 60.7 Å². The van der Waals surface area contributed by atoms with Crippen molar-refractivity contribution in [2.75, 3.05) is 4.90 Å². The molecule has 0 atom stereocenters. The maximum atomic E-state index is 9.80. The molecule has 0 radical (unpaired) electrons. The van der Waals surface area contributed by atoms with Crippen LogP contribution in [0.15, 0.2) is 216 Å². The van der Waals surface area contributed by atoms with Gasteiger partial charge in [-0.1, -0.05) is 164 Å². The number of furan rings is 1. The second-order valence-corrected chi connectivity index (χ2v) is 13.2. The molecule has 0 saturated carbocycles. The summed E-state index contributed by atoms with van der Waals surface area (Å²) in [6.45, 7) is 0. The molecule has 11 rings (SSSR count). The van der Waals surface area contributed by atoms with E-state index in [0.29, 0.717) is 22.1 Å². The number of rotatable bonds is 6. The normalized spacial score (nSPS) is 15.8. The number of anilines is 3. The number of hydrogen-bond donors (Lipinski definition) is 0. The van der Waals surface area contributed by atoms with Gasteiger partial charge in [-0.15, -0.1) is 0 Å².